The molecule has 0 aliphatic carbocycles. The van der Waals surface area contributed by atoms with Gasteiger partial charge in [0, 0.05) is 12.6 Å². The van der Waals surface area contributed by atoms with Crippen LogP contribution in [0.25, 0.3) is 11.3 Å². The lowest BCUT2D eigenvalue weighted by Gasteiger charge is -2.06. The van der Waals surface area contributed by atoms with Gasteiger partial charge in [0.15, 0.2) is 5.69 Å². The molecular formula is C14H15N3O. The van der Waals surface area contributed by atoms with Crippen molar-refractivity contribution < 1.29 is 4.74 Å². The van der Waals surface area contributed by atoms with Crippen molar-refractivity contribution in [2.45, 2.75) is 13.8 Å². The Morgan fingerprint density at radius 2 is 2.00 bits per heavy atom. The predicted molar refractivity (Wildman–Crippen MR) is 69.3 cm³/mol. The first-order valence-electron chi connectivity index (χ1n) is 5.84. The van der Waals surface area contributed by atoms with Gasteiger partial charge >= 0.3 is 0 Å². The number of hydrogen-bond acceptors (Lipinski definition) is 3. The number of rotatable bonds is 3. The first-order chi connectivity index (χ1) is 8.67. The number of nitrogens with zero attached hydrogens (tertiary/aromatic N) is 3. The molecule has 0 spiro atoms. The molecule has 0 aliphatic rings. The third kappa shape index (κ3) is 2.07. The first-order valence-corrected chi connectivity index (χ1v) is 5.84. The van der Waals surface area contributed by atoms with Crippen LogP contribution in [0, 0.1) is 18.3 Å². The molecule has 4 nitrogen and oxygen atoms in total. The smallest absolute Gasteiger partial charge is 0.166 e. The van der Waals surface area contributed by atoms with Crippen molar-refractivity contribution in [3.05, 3.63) is 35.8 Å². The number of benzene rings is 1. The molecule has 1 heterocycles. The van der Waals surface area contributed by atoms with E-state index in [0.717, 1.165) is 22.8 Å². The lowest BCUT2D eigenvalue weighted by atomic mass is 10.1. The van der Waals surface area contributed by atoms with Gasteiger partial charge in [-0.2, -0.15) is 5.26 Å². The Balaban J connectivity index is 2.46. The van der Waals surface area contributed by atoms with Crippen LogP contribution in [0.1, 0.15) is 18.4 Å². The predicted octanol–water partition coefficient (Wildman–Crippen LogP) is 2.67. The zero-order valence-electron chi connectivity index (χ0n) is 10.8. The Labute approximate surface area is 106 Å². The maximum atomic E-state index is 9.11. The number of nitriles is 1. The quantitative estimate of drug-likeness (QED) is 0.830. The fourth-order valence-corrected chi connectivity index (χ4v) is 1.89. The fourth-order valence-electron chi connectivity index (χ4n) is 1.89. The summed E-state index contributed by atoms with van der Waals surface area (Å²) in [4.78, 5) is 4.23. The van der Waals surface area contributed by atoms with Crippen molar-refractivity contribution in [3.63, 3.8) is 0 Å². The average Bonchev–Trinajstić information content (AvgIpc) is 2.67. The summed E-state index contributed by atoms with van der Waals surface area (Å²) in [6.07, 6.45) is 0. The molecule has 0 N–H and O–H groups in total. The van der Waals surface area contributed by atoms with Crippen LogP contribution in [0.5, 0.6) is 5.75 Å². The molecule has 0 amide bonds. The number of aryl methyl sites for hydroxylation is 1. The summed E-state index contributed by atoms with van der Waals surface area (Å²) in [5, 5.41) is 9.11. The number of ether oxygens (including phenoxy) is 1. The lowest BCUT2D eigenvalue weighted by molar-refractivity contribution is 0.340. The third-order valence-corrected chi connectivity index (χ3v) is 2.86. The van der Waals surface area contributed by atoms with Crippen LogP contribution in [0.4, 0.5) is 0 Å². The Hall–Kier alpha value is -2.28. The number of aromatic nitrogens is 2. The number of imidazole rings is 1. The van der Waals surface area contributed by atoms with Crippen LogP contribution >= 0.6 is 0 Å². The molecule has 2 aromatic rings. The van der Waals surface area contributed by atoms with Crippen molar-refractivity contribution >= 4 is 0 Å². The molecule has 0 saturated carbocycles. The Kier molecular flexibility index (Phi) is 3.33. The number of hydrogen-bond donors (Lipinski definition) is 0. The highest BCUT2D eigenvalue weighted by atomic mass is 16.5. The van der Waals surface area contributed by atoms with Crippen LogP contribution in [-0.4, -0.2) is 16.2 Å². The van der Waals surface area contributed by atoms with E-state index in [-0.39, 0.29) is 0 Å². The van der Waals surface area contributed by atoms with Gasteiger partial charge in [-0.05, 0) is 38.1 Å². The molecule has 0 radical (unpaired) electrons. The minimum Gasteiger partial charge on any atom is -0.494 e. The van der Waals surface area contributed by atoms with Gasteiger partial charge in [-0.15, -0.1) is 0 Å². The van der Waals surface area contributed by atoms with Crippen molar-refractivity contribution in [2.24, 2.45) is 7.05 Å². The largest absolute Gasteiger partial charge is 0.494 e. The minimum atomic E-state index is 0.458. The van der Waals surface area contributed by atoms with Crippen molar-refractivity contribution in [1.29, 1.82) is 5.26 Å². The van der Waals surface area contributed by atoms with E-state index in [1.165, 1.54) is 0 Å². The Morgan fingerprint density at radius 1 is 1.33 bits per heavy atom. The van der Waals surface area contributed by atoms with Crippen LogP contribution in [0.3, 0.4) is 0 Å². The fraction of sp³-hybridized carbons (Fsp3) is 0.286. The highest BCUT2D eigenvalue weighted by Gasteiger charge is 2.13. The third-order valence-electron chi connectivity index (χ3n) is 2.86. The SMILES string of the molecule is CCOc1ccc(-c2c(C#N)nc(C)n2C)cc1. The minimum absolute atomic E-state index is 0.458. The highest BCUT2D eigenvalue weighted by Crippen LogP contribution is 2.25. The van der Waals surface area contributed by atoms with Gasteiger partial charge in [0.05, 0.1) is 12.3 Å². The molecule has 4 heteroatoms. The van der Waals surface area contributed by atoms with Gasteiger partial charge in [-0.1, -0.05) is 0 Å². The molecule has 0 atom stereocenters. The van der Waals surface area contributed by atoms with Crippen molar-refractivity contribution in [3.8, 4) is 23.1 Å². The van der Waals surface area contributed by atoms with Crippen LogP contribution in [0.15, 0.2) is 24.3 Å². The summed E-state index contributed by atoms with van der Waals surface area (Å²) >= 11 is 0. The summed E-state index contributed by atoms with van der Waals surface area (Å²) in [6, 6.07) is 9.84. The van der Waals surface area contributed by atoms with Gasteiger partial charge in [0.25, 0.3) is 0 Å². The van der Waals surface area contributed by atoms with Gasteiger partial charge in [-0.3, -0.25) is 0 Å². The maximum Gasteiger partial charge on any atom is 0.166 e. The molecule has 1 aromatic carbocycles. The molecule has 92 valence electrons. The summed E-state index contributed by atoms with van der Waals surface area (Å²) < 4.78 is 7.33. The van der Waals surface area contributed by atoms with E-state index < -0.39 is 0 Å². The zero-order valence-corrected chi connectivity index (χ0v) is 10.8. The highest BCUT2D eigenvalue weighted by molar-refractivity contribution is 5.66. The van der Waals surface area contributed by atoms with Crippen LogP contribution < -0.4 is 4.74 Å². The van der Waals surface area contributed by atoms with Crippen molar-refractivity contribution in [1.82, 2.24) is 9.55 Å². The molecule has 0 aliphatic heterocycles. The molecule has 1 aromatic heterocycles. The molecule has 0 fully saturated rings. The second kappa shape index (κ2) is 4.92. The second-order valence-corrected chi connectivity index (χ2v) is 3.98. The Bertz CT molecular complexity index is 591. The lowest BCUT2D eigenvalue weighted by Crippen LogP contribution is -1.95. The Morgan fingerprint density at radius 3 is 2.56 bits per heavy atom. The van der Waals surface area contributed by atoms with Crippen LogP contribution in [0.2, 0.25) is 0 Å². The summed E-state index contributed by atoms with van der Waals surface area (Å²) in [7, 11) is 1.91. The van der Waals surface area contributed by atoms with Gasteiger partial charge < -0.3 is 9.30 Å². The standard InChI is InChI=1S/C14H15N3O/c1-4-18-12-7-5-11(6-8-12)14-13(9-15)16-10(2)17(14)3/h5-8H,4H2,1-3H3. The van der Waals surface area contributed by atoms with E-state index in [9.17, 15) is 0 Å². The van der Waals surface area contributed by atoms with E-state index in [1.807, 2.05) is 49.7 Å². The monoisotopic (exact) mass is 241 g/mol. The first kappa shape index (κ1) is 12.2. The second-order valence-electron chi connectivity index (χ2n) is 3.98. The van der Waals surface area contributed by atoms with Gasteiger partial charge in [0.1, 0.15) is 17.6 Å². The molecule has 0 unspecified atom stereocenters. The molecule has 0 saturated heterocycles. The topological polar surface area (TPSA) is 50.8 Å². The van der Waals surface area contributed by atoms with E-state index in [2.05, 4.69) is 11.1 Å². The van der Waals surface area contributed by atoms with E-state index in [1.54, 1.807) is 0 Å². The van der Waals surface area contributed by atoms with Gasteiger partial charge in [-0.25, -0.2) is 4.98 Å². The zero-order chi connectivity index (χ0) is 13.1. The molecule has 18 heavy (non-hydrogen) atoms. The summed E-state index contributed by atoms with van der Waals surface area (Å²) in [6.45, 7) is 4.48. The normalized spacial score (nSPS) is 10.1. The van der Waals surface area contributed by atoms with Crippen LogP contribution in [-0.2, 0) is 7.05 Å². The van der Waals surface area contributed by atoms with E-state index >= 15 is 0 Å². The molecular weight excluding hydrogens is 226 g/mol. The van der Waals surface area contributed by atoms with E-state index in [4.69, 9.17) is 10.00 Å². The van der Waals surface area contributed by atoms with E-state index in [0.29, 0.717) is 12.3 Å². The maximum absolute atomic E-state index is 9.11. The molecule has 0 bridgehead atoms. The average molecular weight is 241 g/mol. The summed E-state index contributed by atoms with van der Waals surface area (Å²) in [5.41, 5.74) is 2.27. The summed E-state index contributed by atoms with van der Waals surface area (Å²) in [5.74, 6) is 1.66. The van der Waals surface area contributed by atoms with Crippen molar-refractivity contribution in [2.75, 3.05) is 6.61 Å². The molecule has 2 rings (SSSR count). The van der Waals surface area contributed by atoms with Gasteiger partial charge in [0.2, 0.25) is 0 Å².